The van der Waals surface area contributed by atoms with Crippen LogP contribution in [0.2, 0.25) is 0 Å². The van der Waals surface area contributed by atoms with E-state index in [1.807, 2.05) is 48.5 Å². The lowest BCUT2D eigenvalue weighted by atomic mass is 10.00. The molecular formula is C29H31N3O4. The molecule has 1 atom stereocenters. The first-order valence-corrected chi connectivity index (χ1v) is 12.3. The molecule has 186 valence electrons. The van der Waals surface area contributed by atoms with Gasteiger partial charge in [0.2, 0.25) is 0 Å². The van der Waals surface area contributed by atoms with Crippen LogP contribution in [0.15, 0.2) is 60.8 Å². The number of amides is 2. The molecule has 4 rings (SSSR count). The number of aromatic nitrogens is 1. The van der Waals surface area contributed by atoms with Gasteiger partial charge >= 0.3 is 5.97 Å². The Morgan fingerprint density at radius 1 is 1.06 bits per heavy atom. The van der Waals surface area contributed by atoms with Crippen molar-refractivity contribution < 1.29 is 19.5 Å². The van der Waals surface area contributed by atoms with Crippen molar-refractivity contribution in [1.29, 1.82) is 0 Å². The van der Waals surface area contributed by atoms with E-state index in [1.54, 1.807) is 26.1 Å². The molecule has 0 bridgehead atoms. The van der Waals surface area contributed by atoms with Gasteiger partial charge in [-0.2, -0.15) is 0 Å². The van der Waals surface area contributed by atoms with Crippen LogP contribution in [-0.4, -0.2) is 38.8 Å². The van der Waals surface area contributed by atoms with Crippen molar-refractivity contribution in [3.05, 3.63) is 83.2 Å². The molecule has 36 heavy (non-hydrogen) atoms. The van der Waals surface area contributed by atoms with E-state index in [1.165, 1.54) is 4.90 Å². The number of rotatable bonds is 9. The number of aryl methyl sites for hydroxylation is 1. The van der Waals surface area contributed by atoms with Crippen LogP contribution in [-0.2, 0) is 17.8 Å². The van der Waals surface area contributed by atoms with Gasteiger partial charge in [0, 0.05) is 24.0 Å². The molecule has 0 saturated heterocycles. The maximum Gasteiger partial charge on any atom is 0.326 e. The molecule has 0 fully saturated rings. The number of anilines is 1. The van der Waals surface area contributed by atoms with Crippen molar-refractivity contribution in [2.75, 3.05) is 5.32 Å². The maximum absolute atomic E-state index is 13.0. The van der Waals surface area contributed by atoms with Crippen LogP contribution in [0.1, 0.15) is 65.6 Å². The first-order chi connectivity index (χ1) is 17.3. The summed E-state index contributed by atoms with van der Waals surface area (Å²) in [6.07, 6.45) is 4.92. The van der Waals surface area contributed by atoms with Gasteiger partial charge in [-0.1, -0.05) is 57.5 Å². The molecule has 2 amide bonds. The minimum atomic E-state index is -0.994. The number of fused-ring (bicyclic) bond motifs is 1. The van der Waals surface area contributed by atoms with Crippen molar-refractivity contribution in [2.45, 2.75) is 52.6 Å². The Hall–Kier alpha value is -4.00. The van der Waals surface area contributed by atoms with Gasteiger partial charge in [0.15, 0.2) is 0 Å². The van der Waals surface area contributed by atoms with Crippen molar-refractivity contribution >= 4 is 23.5 Å². The van der Waals surface area contributed by atoms with Crippen LogP contribution in [0, 0.1) is 5.92 Å². The van der Waals surface area contributed by atoms with Crippen molar-refractivity contribution in [3.63, 3.8) is 0 Å². The minimum absolute atomic E-state index is 0.197. The van der Waals surface area contributed by atoms with Crippen LogP contribution in [0.5, 0.6) is 0 Å². The van der Waals surface area contributed by atoms with Gasteiger partial charge in [0.25, 0.3) is 11.8 Å². The Morgan fingerprint density at radius 3 is 2.39 bits per heavy atom. The second kappa shape index (κ2) is 10.7. The van der Waals surface area contributed by atoms with E-state index >= 15 is 0 Å². The fourth-order valence-corrected chi connectivity index (χ4v) is 4.53. The maximum atomic E-state index is 13.0. The average Bonchev–Trinajstić information content (AvgIpc) is 3.18. The zero-order valence-electron chi connectivity index (χ0n) is 20.8. The summed E-state index contributed by atoms with van der Waals surface area (Å²) in [4.78, 5) is 43.1. The Labute approximate surface area is 211 Å². The number of nitrogens with one attached hydrogen (secondary N) is 1. The molecule has 1 aromatic heterocycles. The number of unbranched alkanes of at least 4 members (excludes halogenated alkanes) is 1. The van der Waals surface area contributed by atoms with E-state index in [2.05, 4.69) is 17.2 Å². The third kappa shape index (κ3) is 5.30. The normalized spacial score (nSPS) is 13.6. The van der Waals surface area contributed by atoms with E-state index in [0.717, 1.165) is 41.5 Å². The predicted molar refractivity (Wildman–Crippen MR) is 139 cm³/mol. The number of pyridine rings is 1. The third-order valence-corrected chi connectivity index (χ3v) is 6.51. The number of aliphatic carboxylic acids is 1. The predicted octanol–water partition coefficient (Wildman–Crippen LogP) is 5.41. The van der Waals surface area contributed by atoms with Gasteiger partial charge in [-0.05, 0) is 65.3 Å². The minimum Gasteiger partial charge on any atom is -0.480 e. The molecule has 0 aliphatic carbocycles. The van der Waals surface area contributed by atoms with Gasteiger partial charge in [-0.3, -0.25) is 14.6 Å². The lowest BCUT2D eigenvalue weighted by molar-refractivity contribution is -0.144. The molecule has 0 saturated carbocycles. The van der Waals surface area contributed by atoms with E-state index in [0.29, 0.717) is 23.5 Å². The standard InChI is InChI=1S/C29H31N3O4/c1-4-5-6-19-7-14-25(30-16-19)27(33)31-23-12-10-20(11-13-23)21-8-9-22-17-32(28(34)24(22)15-21)26(18(2)3)29(35)36/h7-16,18,26H,4-6,17H2,1-3H3,(H,31,33)(H,35,36). The van der Waals surface area contributed by atoms with Crippen molar-refractivity contribution in [3.8, 4) is 11.1 Å². The highest BCUT2D eigenvalue weighted by Gasteiger charge is 2.38. The number of carboxylic acids is 1. The van der Waals surface area contributed by atoms with Crippen LogP contribution in [0.25, 0.3) is 11.1 Å². The Morgan fingerprint density at radius 2 is 1.78 bits per heavy atom. The van der Waals surface area contributed by atoms with Crippen molar-refractivity contribution in [2.24, 2.45) is 5.92 Å². The zero-order chi connectivity index (χ0) is 25.8. The van der Waals surface area contributed by atoms with Crippen LogP contribution in [0.4, 0.5) is 5.69 Å². The number of carboxylic acid groups (broad SMARTS) is 1. The molecule has 1 aliphatic rings. The average molecular weight is 486 g/mol. The van der Waals surface area contributed by atoms with Gasteiger partial charge in [-0.25, -0.2) is 4.79 Å². The second-order valence-electron chi connectivity index (χ2n) is 9.52. The summed E-state index contributed by atoms with van der Waals surface area (Å²) < 4.78 is 0. The SMILES string of the molecule is CCCCc1ccc(C(=O)Nc2ccc(-c3ccc4c(c3)C(=O)N(C(C(=O)O)C(C)C)C4)cc2)nc1. The van der Waals surface area contributed by atoms with Crippen LogP contribution in [0.3, 0.4) is 0 Å². The number of hydrogen-bond donors (Lipinski definition) is 2. The van der Waals surface area contributed by atoms with E-state index in [9.17, 15) is 19.5 Å². The zero-order valence-corrected chi connectivity index (χ0v) is 20.8. The summed E-state index contributed by atoms with van der Waals surface area (Å²) in [5.41, 5.74) is 5.23. The largest absolute Gasteiger partial charge is 0.480 e. The Bertz CT molecular complexity index is 1270. The Kier molecular flexibility index (Phi) is 7.48. The lowest BCUT2D eigenvalue weighted by Gasteiger charge is -2.27. The number of carbonyl (C=O) groups excluding carboxylic acids is 2. The fourth-order valence-electron chi connectivity index (χ4n) is 4.53. The van der Waals surface area contributed by atoms with Crippen molar-refractivity contribution in [1.82, 2.24) is 9.88 Å². The van der Waals surface area contributed by atoms with E-state index in [4.69, 9.17) is 0 Å². The van der Waals surface area contributed by atoms with Gasteiger partial charge < -0.3 is 15.3 Å². The highest BCUT2D eigenvalue weighted by molar-refractivity contribution is 6.03. The first kappa shape index (κ1) is 25.1. The number of nitrogens with zero attached hydrogens (tertiary/aromatic N) is 2. The van der Waals surface area contributed by atoms with Gasteiger partial charge in [-0.15, -0.1) is 0 Å². The highest BCUT2D eigenvalue weighted by Crippen LogP contribution is 2.31. The highest BCUT2D eigenvalue weighted by atomic mass is 16.4. The second-order valence-corrected chi connectivity index (χ2v) is 9.52. The molecule has 2 N–H and O–H groups in total. The quantitative estimate of drug-likeness (QED) is 0.422. The molecule has 7 nitrogen and oxygen atoms in total. The topological polar surface area (TPSA) is 99.6 Å². The smallest absolute Gasteiger partial charge is 0.326 e. The third-order valence-electron chi connectivity index (χ3n) is 6.51. The summed E-state index contributed by atoms with van der Waals surface area (Å²) in [6, 6.07) is 15.8. The number of carbonyl (C=O) groups is 3. The molecular weight excluding hydrogens is 454 g/mol. The Balaban J connectivity index is 1.45. The van der Waals surface area contributed by atoms with Gasteiger partial charge in [0.05, 0.1) is 0 Å². The van der Waals surface area contributed by atoms with E-state index in [-0.39, 0.29) is 17.7 Å². The molecule has 0 radical (unpaired) electrons. The summed E-state index contributed by atoms with van der Waals surface area (Å²) >= 11 is 0. The monoisotopic (exact) mass is 485 g/mol. The summed E-state index contributed by atoms with van der Waals surface area (Å²) in [6.45, 7) is 6.05. The van der Waals surface area contributed by atoms with Crippen LogP contribution >= 0.6 is 0 Å². The fraction of sp³-hybridized carbons (Fsp3) is 0.310. The molecule has 1 aliphatic heterocycles. The first-order valence-electron chi connectivity index (χ1n) is 12.3. The lowest BCUT2D eigenvalue weighted by Crippen LogP contribution is -2.44. The van der Waals surface area contributed by atoms with Gasteiger partial charge in [0.1, 0.15) is 11.7 Å². The summed E-state index contributed by atoms with van der Waals surface area (Å²) in [5, 5.41) is 12.5. The molecule has 2 aromatic carbocycles. The number of hydrogen-bond acceptors (Lipinski definition) is 4. The van der Waals surface area contributed by atoms with Crippen LogP contribution < -0.4 is 5.32 Å². The molecule has 3 aromatic rings. The molecule has 2 heterocycles. The molecule has 1 unspecified atom stereocenters. The number of benzene rings is 2. The summed E-state index contributed by atoms with van der Waals surface area (Å²) in [5.74, 6) is -1.72. The summed E-state index contributed by atoms with van der Waals surface area (Å²) in [7, 11) is 0. The molecule has 0 spiro atoms. The molecule has 7 heteroatoms. The van der Waals surface area contributed by atoms with E-state index < -0.39 is 12.0 Å².